The molecule has 2 rings (SSSR count). The molecule has 0 aliphatic heterocycles. The highest BCUT2D eigenvalue weighted by Crippen LogP contribution is 2.37. The predicted molar refractivity (Wildman–Crippen MR) is 82.7 cm³/mol. The summed E-state index contributed by atoms with van der Waals surface area (Å²) in [5.41, 5.74) is 5.99. The molecule has 7 heteroatoms. The van der Waals surface area contributed by atoms with Gasteiger partial charge in [-0.1, -0.05) is 20.8 Å². The number of alkyl halides is 1. The van der Waals surface area contributed by atoms with Crippen LogP contribution in [0.1, 0.15) is 31.9 Å². The highest BCUT2D eigenvalue weighted by atomic mass is 19.2. The Bertz CT molecular complexity index is 750. The molecule has 0 heterocycles. The van der Waals surface area contributed by atoms with Crippen molar-refractivity contribution in [1.82, 2.24) is 0 Å². The zero-order valence-corrected chi connectivity index (χ0v) is 13.0. The zero-order chi connectivity index (χ0) is 17.8. The van der Waals surface area contributed by atoms with Crippen molar-refractivity contribution < 1.29 is 23.7 Å². The summed E-state index contributed by atoms with van der Waals surface area (Å²) < 4.78 is 31.2. The van der Waals surface area contributed by atoms with Gasteiger partial charge >= 0.3 is 6.23 Å². The van der Waals surface area contributed by atoms with Gasteiger partial charge in [-0.2, -0.15) is 5.26 Å². The van der Waals surface area contributed by atoms with Crippen LogP contribution in [0.25, 0.3) is 10.8 Å². The summed E-state index contributed by atoms with van der Waals surface area (Å²) in [6.07, 6.45) is -3.59. The fourth-order valence-electron chi connectivity index (χ4n) is 2.20. The molecular formula is C16H18F2N2O3. The van der Waals surface area contributed by atoms with Crippen LogP contribution in [0.3, 0.4) is 0 Å². The summed E-state index contributed by atoms with van der Waals surface area (Å²) in [5, 5.41) is 27.0. The third-order valence-electron chi connectivity index (χ3n) is 2.97. The second-order valence-corrected chi connectivity index (χ2v) is 4.44. The highest BCUT2D eigenvalue weighted by molar-refractivity contribution is 5.95. The number of aryl methyl sites for hydroxylation is 1. The van der Waals surface area contributed by atoms with Gasteiger partial charge in [-0.25, -0.2) is 4.39 Å². The predicted octanol–water partition coefficient (Wildman–Crippen LogP) is 2.97. The Morgan fingerprint density at radius 2 is 1.91 bits per heavy atom. The second kappa shape index (κ2) is 7.22. The van der Waals surface area contributed by atoms with Gasteiger partial charge in [-0.15, -0.1) is 4.39 Å². The quantitative estimate of drug-likeness (QED) is 0.595. The zero-order valence-electron chi connectivity index (χ0n) is 13.0. The lowest BCUT2D eigenvalue weighted by Crippen LogP contribution is -2.29. The van der Waals surface area contributed by atoms with E-state index in [0.29, 0.717) is 17.7 Å². The number of aliphatic hydroxyl groups is 2. The minimum atomic E-state index is -4.03. The van der Waals surface area contributed by atoms with E-state index in [1.807, 2.05) is 13.8 Å². The molecule has 23 heavy (non-hydrogen) atoms. The summed E-state index contributed by atoms with van der Waals surface area (Å²) in [4.78, 5) is 0. The number of nitrogens with zero attached hydrogens (tertiary/aromatic N) is 1. The van der Waals surface area contributed by atoms with E-state index in [2.05, 4.69) is 4.74 Å². The largest absolute Gasteiger partial charge is 0.492 e. The number of rotatable bonds is 3. The normalized spacial score (nSPS) is 10.7. The molecule has 0 atom stereocenters. The Morgan fingerprint density at radius 1 is 1.30 bits per heavy atom. The van der Waals surface area contributed by atoms with Crippen LogP contribution in [-0.4, -0.2) is 16.4 Å². The van der Waals surface area contributed by atoms with E-state index in [9.17, 15) is 8.78 Å². The van der Waals surface area contributed by atoms with Gasteiger partial charge < -0.3 is 20.7 Å². The number of benzene rings is 2. The molecule has 0 radical (unpaired) electrons. The van der Waals surface area contributed by atoms with Crippen LogP contribution in [0.5, 0.6) is 5.75 Å². The molecule has 0 saturated heterocycles. The molecule has 0 unspecified atom stereocenters. The maximum absolute atomic E-state index is 13.9. The molecule has 0 spiro atoms. The van der Waals surface area contributed by atoms with E-state index < -0.39 is 23.4 Å². The van der Waals surface area contributed by atoms with Crippen molar-refractivity contribution in [3.8, 4) is 11.8 Å². The fourth-order valence-corrected chi connectivity index (χ4v) is 2.20. The summed E-state index contributed by atoms with van der Waals surface area (Å²) >= 11 is 0. The van der Waals surface area contributed by atoms with Crippen molar-refractivity contribution >= 4 is 16.5 Å². The molecule has 0 bridgehead atoms. The van der Waals surface area contributed by atoms with Gasteiger partial charge in [0.25, 0.3) is 0 Å². The van der Waals surface area contributed by atoms with Crippen molar-refractivity contribution in [2.45, 2.75) is 33.4 Å². The molecule has 0 aromatic heterocycles. The van der Waals surface area contributed by atoms with Crippen LogP contribution in [-0.2, 0) is 6.42 Å². The maximum Gasteiger partial charge on any atom is 0.492 e. The van der Waals surface area contributed by atoms with Crippen molar-refractivity contribution in [1.29, 1.82) is 5.26 Å². The van der Waals surface area contributed by atoms with E-state index in [0.717, 1.165) is 6.07 Å². The number of fused-ring (bicyclic) bond motifs is 1. The number of ether oxygens (including phenoxy) is 1. The number of anilines is 1. The first-order chi connectivity index (χ1) is 10.8. The van der Waals surface area contributed by atoms with Gasteiger partial charge in [0.1, 0.15) is 17.4 Å². The van der Waals surface area contributed by atoms with Gasteiger partial charge in [0.2, 0.25) is 0 Å². The minimum absolute atomic E-state index is 0.203. The summed E-state index contributed by atoms with van der Waals surface area (Å²) in [5.74, 6) is -1.55. The minimum Gasteiger partial charge on any atom is -0.411 e. The van der Waals surface area contributed by atoms with Crippen LogP contribution in [0.4, 0.5) is 14.5 Å². The Balaban J connectivity index is 0.00000127. The van der Waals surface area contributed by atoms with Crippen LogP contribution in [0, 0.1) is 17.1 Å². The number of hydrogen-bond donors (Lipinski definition) is 3. The number of nitrogen functional groups attached to an aromatic ring is 1. The number of nitriles is 1. The molecule has 0 fully saturated rings. The molecule has 124 valence electrons. The average molecular weight is 324 g/mol. The first-order valence-electron chi connectivity index (χ1n) is 7.04. The van der Waals surface area contributed by atoms with Crippen LogP contribution in [0.2, 0.25) is 0 Å². The maximum atomic E-state index is 13.9. The fraction of sp³-hybridized carbons (Fsp3) is 0.312. The van der Waals surface area contributed by atoms with Crippen LogP contribution < -0.4 is 10.5 Å². The Morgan fingerprint density at radius 3 is 2.39 bits per heavy atom. The number of nitrogens with two attached hydrogens (primary N) is 1. The van der Waals surface area contributed by atoms with Crippen molar-refractivity contribution in [2.75, 3.05) is 5.73 Å². The highest BCUT2D eigenvalue weighted by Gasteiger charge is 2.29. The van der Waals surface area contributed by atoms with E-state index in [1.165, 1.54) is 12.1 Å². The lowest BCUT2D eigenvalue weighted by Gasteiger charge is -2.18. The smallest absolute Gasteiger partial charge is 0.411 e. The lowest BCUT2D eigenvalue weighted by molar-refractivity contribution is -0.375. The topological polar surface area (TPSA) is 99.5 Å². The first kappa shape index (κ1) is 18.6. The third kappa shape index (κ3) is 4.06. The number of halogens is 2. The van der Waals surface area contributed by atoms with Crippen molar-refractivity contribution in [3.05, 3.63) is 35.1 Å². The summed E-state index contributed by atoms with van der Waals surface area (Å²) in [6.45, 7) is 5.77. The third-order valence-corrected chi connectivity index (χ3v) is 2.97. The molecule has 5 nitrogen and oxygen atoms in total. The Kier molecular flexibility index (Phi) is 5.85. The SMILES string of the molecule is CC.CCc1cc(N)cc2cc(F)c(C#N)c(OC(O)(O)F)c12. The molecule has 2 aromatic carbocycles. The molecule has 0 aliphatic rings. The van der Waals surface area contributed by atoms with Gasteiger partial charge in [-0.3, -0.25) is 0 Å². The molecule has 0 saturated carbocycles. The average Bonchev–Trinajstić information content (AvgIpc) is 2.46. The van der Waals surface area contributed by atoms with E-state index in [4.69, 9.17) is 21.2 Å². The van der Waals surface area contributed by atoms with Crippen LogP contribution >= 0.6 is 0 Å². The molecule has 4 N–H and O–H groups in total. The van der Waals surface area contributed by atoms with Crippen molar-refractivity contribution in [3.63, 3.8) is 0 Å². The molecule has 0 aliphatic carbocycles. The van der Waals surface area contributed by atoms with E-state index in [1.54, 1.807) is 13.0 Å². The molecular weight excluding hydrogens is 306 g/mol. The molecule has 0 amide bonds. The molecule has 2 aromatic rings. The standard InChI is InChI=1S/C14H12F2N2O3.C2H6/c1-2-7-3-9(18)4-8-5-11(15)10(6-17)13(12(7)8)21-14(16,19)20;1-2/h3-5,19-20H,2,18H2,1H3;1-2H3. The van der Waals surface area contributed by atoms with E-state index in [-0.39, 0.29) is 10.8 Å². The van der Waals surface area contributed by atoms with Crippen LogP contribution in [0.15, 0.2) is 18.2 Å². The summed E-state index contributed by atoms with van der Waals surface area (Å²) in [7, 11) is 0. The van der Waals surface area contributed by atoms with E-state index >= 15 is 0 Å². The summed E-state index contributed by atoms with van der Waals surface area (Å²) in [6, 6.07) is 5.56. The monoisotopic (exact) mass is 324 g/mol. The second-order valence-electron chi connectivity index (χ2n) is 4.44. The lowest BCUT2D eigenvalue weighted by atomic mass is 9.98. The van der Waals surface area contributed by atoms with Crippen molar-refractivity contribution in [2.24, 2.45) is 0 Å². The number of hydrogen-bond acceptors (Lipinski definition) is 5. The Labute approximate surface area is 132 Å². The van der Waals surface area contributed by atoms with Gasteiger partial charge in [0.15, 0.2) is 5.75 Å². The van der Waals surface area contributed by atoms with Gasteiger partial charge in [-0.05, 0) is 35.6 Å². The van der Waals surface area contributed by atoms with Gasteiger partial charge in [0.05, 0.1) is 0 Å². The van der Waals surface area contributed by atoms with Gasteiger partial charge in [0, 0.05) is 11.1 Å². The Hall–Kier alpha value is -2.43. The first-order valence-corrected chi connectivity index (χ1v) is 7.04.